The summed E-state index contributed by atoms with van der Waals surface area (Å²) in [7, 11) is 0. The number of nitrogens with zero attached hydrogens (tertiary/aromatic N) is 2. The molecule has 1 aliphatic rings. The van der Waals surface area contributed by atoms with Crippen molar-refractivity contribution < 1.29 is 24.0 Å². The summed E-state index contributed by atoms with van der Waals surface area (Å²) in [5, 5.41) is 10.9. The Morgan fingerprint density at radius 2 is 1.83 bits per heavy atom. The minimum Gasteiger partial charge on any atom is -0.507 e. The van der Waals surface area contributed by atoms with Crippen LogP contribution in [0.25, 0.3) is 5.76 Å². The van der Waals surface area contributed by atoms with E-state index in [2.05, 4.69) is 18.8 Å². The van der Waals surface area contributed by atoms with E-state index in [1.807, 2.05) is 0 Å². The van der Waals surface area contributed by atoms with Crippen LogP contribution < -0.4 is 4.90 Å². The monoisotopic (exact) mass is 412 g/mol. The molecule has 1 saturated heterocycles. The Balaban J connectivity index is 1.99. The number of aliphatic hydroxyl groups is 1. The summed E-state index contributed by atoms with van der Waals surface area (Å²) in [6.45, 7) is 7.47. The molecule has 0 spiro atoms. The number of hydrogen-bond acceptors (Lipinski definition) is 4. The Hall–Kier alpha value is -3.06. The molecule has 30 heavy (non-hydrogen) atoms. The second-order valence-electron chi connectivity index (χ2n) is 7.31. The average molecular weight is 412 g/mol. The van der Waals surface area contributed by atoms with Crippen molar-refractivity contribution in [2.75, 3.05) is 26.2 Å². The first-order valence-electron chi connectivity index (χ1n) is 10.3. The Labute approximate surface area is 175 Å². The van der Waals surface area contributed by atoms with Gasteiger partial charge in [-0.25, -0.2) is 4.39 Å². The van der Waals surface area contributed by atoms with Gasteiger partial charge >= 0.3 is 0 Å². The number of likely N-dealkylation sites (tertiary alicyclic amines) is 1. The molecular weight excluding hydrogens is 385 g/mol. The fraction of sp³-hybridized carbons (Fsp3) is 0.348. The smallest absolute Gasteiger partial charge is 0.295 e. The van der Waals surface area contributed by atoms with Crippen LogP contribution >= 0.6 is 0 Å². The lowest BCUT2D eigenvalue weighted by atomic mass is 9.98. The zero-order chi connectivity index (χ0) is 21.7. The van der Waals surface area contributed by atoms with Crippen molar-refractivity contribution in [2.24, 2.45) is 0 Å². The van der Waals surface area contributed by atoms with Crippen LogP contribution in [0, 0.1) is 5.82 Å². The standard InChI is InChI=1S/C23H26FN3O3/c1-3-26(4-2)14-7-15-27-20(18-8-5-6-13-25-18)19(22(29)23(27)30)21(28)16-9-11-17(24)12-10-16/h5-6,8-13,20,28H,3-4,7,14-15H2,1-2H3/p+1/t20-/m1/s1. The molecule has 2 aromatic rings. The van der Waals surface area contributed by atoms with Gasteiger partial charge in [-0.05, 0) is 50.2 Å². The van der Waals surface area contributed by atoms with Crippen LogP contribution in [0.4, 0.5) is 4.39 Å². The lowest BCUT2D eigenvalue weighted by molar-refractivity contribution is -0.896. The number of ketones is 1. The topological polar surface area (TPSA) is 74.9 Å². The molecule has 0 unspecified atom stereocenters. The predicted octanol–water partition coefficient (Wildman–Crippen LogP) is 1.96. The summed E-state index contributed by atoms with van der Waals surface area (Å²) in [5.41, 5.74) is 0.777. The van der Waals surface area contributed by atoms with Crippen LogP contribution in [-0.4, -0.2) is 52.9 Å². The summed E-state index contributed by atoms with van der Waals surface area (Å²) < 4.78 is 13.3. The Kier molecular flexibility index (Phi) is 6.95. The Bertz CT molecular complexity index is 924. The van der Waals surface area contributed by atoms with Gasteiger partial charge in [-0.2, -0.15) is 0 Å². The molecule has 1 atom stereocenters. The molecule has 0 bridgehead atoms. The van der Waals surface area contributed by atoms with Gasteiger partial charge in [-0.3, -0.25) is 14.6 Å². The molecule has 0 radical (unpaired) electrons. The molecule has 1 amide bonds. The zero-order valence-corrected chi connectivity index (χ0v) is 17.3. The number of nitrogens with one attached hydrogen (secondary N) is 1. The average Bonchev–Trinajstić information content (AvgIpc) is 3.02. The zero-order valence-electron chi connectivity index (χ0n) is 17.3. The number of quaternary nitrogens is 1. The minimum absolute atomic E-state index is 0.0134. The van der Waals surface area contributed by atoms with Crippen molar-refractivity contribution in [3.8, 4) is 0 Å². The van der Waals surface area contributed by atoms with E-state index in [1.165, 1.54) is 34.1 Å². The quantitative estimate of drug-likeness (QED) is 0.395. The highest BCUT2D eigenvalue weighted by molar-refractivity contribution is 6.46. The maximum atomic E-state index is 13.3. The lowest BCUT2D eigenvalue weighted by Crippen LogP contribution is -3.11. The fourth-order valence-corrected chi connectivity index (χ4v) is 3.82. The van der Waals surface area contributed by atoms with Gasteiger partial charge in [0, 0.05) is 24.7 Å². The summed E-state index contributed by atoms with van der Waals surface area (Å²) in [6, 6.07) is 9.66. The predicted molar refractivity (Wildman–Crippen MR) is 111 cm³/mol. The first-order valence-corrected chi connectivity index (χ1v) is 10.3. The van der Waals surface area contributed by atoms with E-state index in [9.17, 15) is 19.1 Å². The minimum atomic E-state index is -0.775. The number of carbonyl (C=O) groups excluding carboxylic acids is 2. The molecule has 2 N–H and O–H groups in total. The summed E-state index contributed by atoms with van der Waals surface area (Å²) in [6.07, 6.45) is 2.32. The van der Waals surface area contributed by atoms with Gasteiger partial charge in [0.1, 0.15) is 17.6 Å². The lowest BCUT2D eigenvalue weighted by Gasteiger charge is -2.25. The van der Waals surface area contributed by atoms with Gasteiger partial charge in [-0.15, -0.1) is 0 Å². The first kappa shape index (κ1) is 21.6. The third kappa shape index (κ3) is 4.41. The number of benzene rings is 1. The van der Waals surface area contributed by atoms with E-state index >= 15 is 0 Å². The molecule has 1 aliphatic heterocycles. The third-order valence-corrected chi connectivity index (χ3v) is 5.55. The molecule has 6 nitrogen and oxygen atoms in total. The number of aromatic nitrogens is 1. The van der Waals surface area contributed by atoms with Crippen molar-refractivity contribution in [3.05, 3.63) is 71.3 Å². The molecule has 3 rings (SSSR count). The van der Waals surface area contributed by atoms with Gasteiger partial charge in [0.15, 0.2) is 0 Å². The van der Waals surface area contributed by atoms with E-state index in [0.717, 1.165) is 26.1 Å². The highest BCUT2D eigenvalue weighted by Gasteiger charge is 2.46. The van der Waals surface area contributed by atoms with Crippen molar-refractivity contribution in [1.82, 2.24) is 9.88 Å². The molecule has 2 heterocycles. The van der Waals surface area contributed by atoms with Crippen LogP contribution in [0.2, 0.25) is 0 Å². The highest BCUT2D eigenvalue weighted by Crippen LogP contribution is 2.38. The number of halogens is 1. The molecule has 0 saturated carbocycles. The summed E-state index contributed by atoms with van der Waals surface area (Å²) in [4.78, 5) is 33.0. The number of amides is 1. The van der Waals surface area contributed by atoms with Gasteiger partial charge in [0.25, 0.3) is 11.7 Å². The normalized spacial score (nSPS) is 18.4. The van der Waals surface area contributed by atoms with E-state index in [4.69, 9.17) is 0 Å². The van der Waals surface area contributed by atoms with Gasteiger partial charge in [0.05, 0.1) is 30.9 Å². The van der Waals surface area contributed by atoms with E-state index < -0.39 is 23.5 Å². The highest BCUT2D eigenvalue weighted by atomic mass is 19.1. The largest absolute Gasteiger partial charge is 0.507 e. The maximum Gasteiger partial charge on any atom is 0.295 e. The molecular formula is C23H27FN3O3+. The van der Waals surface area contributed by atoms with E-state index in [0.29, 0.717) is 12.2 Å². The van der Waals surface area contributed by atoms with Crippen molar-refractivity contribution in [2.45, 2.75) is 26.3 Å². The SMILES string of the molecule is CC[NH+](CC)CCCN1C(=O)C(=O)C(=C(O)c2ccc(F)cc2)[C@H]1c1ccccn1. The van der Waals surface area contributed by atoms with Crippen molar-refractivity contribution in [1.29, 1.82) is 0 Å². The van der Waals surface area contributed by atoms with Crippen LogP contribution in [0.5, 0.6) is 0 Å². The summed E-state index contributed by atoms with van der Waals surface area (Å²) in [5.74, 6) is -2.17. The molecule has 1 aromatic heterocycles. The Morgan fingerprint density at radius 3 is 2.43 bits per heavy atom. The third-order valence-electron chi connectivity index (χ3n) is 5.55. The number of carbonyl (C=O) groups is 2. The van der Waals surface area contributed by atoms with Crippen LogP contribution in [0.3, 0.4) is 0 Å². The number of aliphatic hydroxyl groups excluding tert-OH is 1. The van der Waals surface area contributed by atoms with Crippen LogP contribution in [0.1, 0.15) is 37.6 Å². The van der Waals surface area contributed by atoms with E-state index in [-0.39, 0.29) is 16.9 Å². The summed E-state index contributed by atoms with van der Waals surface area (Å²) >= 11 is 0. The number of rotatable bonds is 8. The Morgan fingerprint density at radius 1 is 1.13 bits per heavy atom. The maximum absolute atomic E-state index is 13.3. The molecule has 7 heteroatoms. The molecule has 1 aromatic carbocycles. The molecule has 0 aliphatic carbocycles. The molecule has 1 fully saturated rings. The second-order valence-corrected chi connectivity index (χ2v) is 7.31. The number of Topliss-reactive ketones (excluding diaryl/α,β-unsaturated/α-hetero) is 1. The van der Waals surface area contributed by atoms with Crippen LogP contribution in [0.15, 0.2) is 54.2 Å². The fourth-order valence-electron chi connectivity index (χ4n) is 3.82. The van der Waals surface area contributed by atoms with Crippen LogP contribution in [-0.2, 0) is 9.59 Å². The second kappa shape index (κ2) is 9.63. The van der Waals surface area contributed by atoms with E-state index in [1.54, 1.807) is 24.4 Å². The first-order chi connectivity index (χ1) is 14.5. The van der Waals surface area contributed by atoms with Crippen molar-refractivity contribution >= 4 is 17.4 Å². The number of pyridine rings is 1. The van der Waals surface area contributed by atoms with Gasteiger partial charge in [-0.1, -0.05) is 6.07 Å². The van der Waals surface area contributed by atoms with Crippen molar-refractivity contribution in [3.63, 3.8) is 0 Å². The van der Waals surface area contributed by atoms with Gasteiger partial charge in [0.2, 0.25) is 0 Å². The molecule has 158 valence electrons. The number of hydrogen-bond donors (Lipinski definition) is 2. The van der Waals surface area contributed by atoms with Gasteiger partial charge < -0.3 is 14.9 Å².